The monoisotopic (exact) mass is 524 g/mol. The summed E-state index contributed by atoms with van der Waals surface area (Å²) in [5.41, 5.74) is 0. The molecular weight excluding hydrogens is 504 g/mol. The number of aliphatic carboxylic acids is 2. The summed E-state index contributed by atoms with van der Waals surface area (Å²) < 4.78 is 71.2. The number of alkyl halides is 3. The number of carbonyl (C=O) groups excluding carboxylic acids is 1. The van der Waals surface area contributed by atoms with Crippen LogP contribution in [0.3, 0.4) is 0 Å². The maximum Gasteiger partial charge on any atom is 0.490 e. The van der Waals surface area contributed by atoms with Gasteiger partial charge >= 0.3 is 18.1 Å². The lowest BCUT2D eigenvalue weighted by Crippen LogP contribution is -2.32. The highest BCUT2D eigenvalue weighted by Gasteiger charge is 2.38. The molecule has 0 spiro atoms. The standard InChI is InChI=1S/C14H19FN2O5S3.C2HF3O2/c15-11-3-1-2-4-12(11)25(21,22)17-7-5-13(18)16-8-10-24-23-9-6-14(19)20;3-2(4,5)1(6)7/h1-4,17H,5-10H2,(H,16,18)(H,19,20);(H,6,7). The lowest BCUT2D eigenvalue weighted by atomic mass is 10.4. The molecule has 0 bridgehead atoms. The molecule has 0 unspecified atom stereocenters. The molecule has 16 heteroatoms. The Morgan fingerprint density at radius 3 is 2.06 bits per heavy atom. The highest BCUT2D eigenvalue weighted by molar-refractivity contribution is 8.76. The van der Waals surface area contributed by atoms with Crippen LogP contribution in [-0.4, -0.2) is 67.2 Å². The van der Waals surface area contributed by atoms with Crippen molar-refractivity contribution < 1.29 is 50.6 Å². The molecule has 0 fully saturated rings. The van der Waals surface area contributed by atoms with E-state index in [0.29, 0.717) is 18.1 Å². The van der Waals surface area contributed by atoms with E-state index in [1.165, 1.54) is 33.7 Å². The van der Waals surface area contributed by atoms with Crippen LogP contribution in [-0.2, 0) is 24.4 Å². The SMILES string of the molecule is O=C(O)C(F)(F)F.O=C(O)CCSSCCNC(=O)CCNS(=O)(=O)c1ccccc1F. The van der Waals surface area contributed by atoms with Gasteiger partial charge in [-0.15, -0.1) is 0 Å². The van der Waals surface area contributed by atoms with Crippen molar-refractivity contribution in [1.82, 2.24) is 10.0 Å². The Labute approximate surface area is 188 Å². The lowest BCUT2D eigenvalue weighted by molar-refractivity contribution is -0.192. The number of carboxylic acid groups (broad SMARTS) is 2. The molecule has 0 saturated carbocycles. The molecule has 1 rings (SSSR count). The first-order valence-electron chi connectivity index (χ1n) is 8.54. The minimum Gasteiger partial charge on any atom is -0.481 e. The minimum absolute atomic E-state index is 0.0650. The molecule has 0 aliphatic carbocycles. The quantitative estimate of drug-likeness (QED) is 0.183. The van der Waals surface area contributed by atoms with Crippen LogP contribution in [0.2, 0.25) is 0 Å². The summed E-state index contributed by atoms with van der Waals surface area (Å²) in [6.45, 7) is 0.257. The average molecular weight is 525 g/mol. The Hall–Kier alpha value is -2.04. The van der Waals surface area contributed by atoms with Gasteiger partial charge in [0.05, 0.1) is 6.42 Å². The largest absolute Gasteiger partial charge is 0.490 e. The third-order valence-electron chi connectivity index (χ3n) is 3.00. The maximum atomic E-state index is 13.5. The third kappa shape index (κ3) is 14.1. The molecule has 1 aromatic rings. The van der Waals surface area contributed by atoms with E-state index in [1.54, 1.807) is 0 Å². The van der Waals surface area contributed by atoms with Crippen LogP contribution in [0.1, 0.15) is 12.8 Å². The van der Waals surface area contributed by atoms with Crippen LogP contribution in [0, 0.1) is 5.82 Å². The summed E-state index contributed by atoms with van der Waals surface area (Å²) in [4.78, 5) is 30.3. The summed E-state index contributed by atoms with van der Waals surface area (Å²) in [5, 5.41) is 18.2. The van der Waals surface area contributed by atoms with Gasteiger partial charge in [-0.1, -0.05) is 33.7 Å². The van der Waals surface area contributed by atoms with Crippen LogP contribution in [0.5, 0.6) is 0 Å². The van der Waals surface area contributed by atoms with Crippen LogP contribution >= 0.6 is 21.6 Å². The number of nitrogens with one attached hydrogen (secondary N) is 2. The molecule has 0 saturated heterocycles. The highest BCUT2D eigenvalue weighted by Crippen LogP contribution is 2.20. The fourth-order valence-electron chi connectivity index (χ4n) is 1.61. The van der Waals surface area contributed by atoms with Gasteiger partial charge in [-0.05, 0) is 12.1 Å². The second-order valence-corrected chi connectivity index (χ2v) is 9.96. The molecule has 0 heterocycles. The van der Waals surface area contributed by atoms with E-state index in [2.05, 4.69) is 10.0 Å². The Kier molecular flexibility index (Phi) is 14.0. The van der Waals surface area contributed by atoms with Gasteiger partial charge in [0, 0.05) is 31.0 Å². The molecule has 1 aromatic carbocycles. The molecule has 0 aliphatic heterocycles. The van der Waals surface area contributed by atoms with Crippen molar-refractivity contribution >= 4 is 49.5 Å². The number of sulfonamides is 1. The van der Waals surface area contributed by atoms with Gasteiger partial charge in [-0.25, -0.2) is 22.3 Å². The molecule has 4 N–H and O–H groups in total. The highest BCUT2D eigenvalue weighted by atomic mass is 33.1. The first-order valence-corrected chi connectivity index (χ1v) is 12.5. The number of carboxylic acids is 2. The number of rotatable bonds is 12. The summed E-state index contributed by atoms with van der Waals surface area (Å²) in [5.74, 6) is -3.68. The van der Waals surface area contributed by atoms with Gasteiger partial charge in [0.25, 0.3) is 0 Å². The third-order valence-corrected chi connectivity index (χ3v) is 6.91. The number of halogens is 4. The smallest absolute Gasteiger partial charge is 0.481 e. The maximum absolute atomic E-state index is 13.5. The zero-order valence-corrected chi connectivity index (χ0v) is 18.7. The Morgan fingerprint density at radius 1 is 0.969 bits per heavy atom. The number of hydrogen-bond donors (Lipinski definition) is 4. The van der Waals surface area contributed by atoms with Crippen LogP contribution in [0.15, 0.2) is 29.2 Å². The van der Waals surface area contributed by atoms with E-state index in [-0.39, 0.29) is 25.3 Å². The molecule has 0 radical (unpaired) electrons. The number of benzene rings is 1. The Morgan fingerprint density at radius 2 is 1.53 bits per heavy atom. The van der Waals surface area contributed by atoms with Gasteiger partial charge < -0.3 is 15.5 Å². The van der Waals surface area contributed by atoms with E-state index in [4.69, 9.17) is 15.0 Å². The predicted molar refractivity (Wildman–Crippen MR) is 110 cm³/mol. The number of carbonyl (C=O) groups is 3. The molecule has 0 aliphatic rings. The summed E-state index contributed by atoms with van der Waals surface area (Å²) in [6, 6.07) is 5.00. The topological polar surface area (TPSA) is 150 Å². The molecule has 9 nitrogen and oxygen atoms in total. The average Bonchev–Trinajstić information content (AvgIpc) is 2.66. The molecule has 0 atom stereocenters. The van der Waals surface area contributed by atoms with Crippen molar-refractivity contribution in [3.63, 3.8) is 0 Å². The fourth-order valence-corrected chi connectivity index (χ4v) is 4.60. The first-order chi connectivity index (χ1) is 14.8. The molecule has 32 heavy (non-hydrogen) atoms. The van der Waals surface area contributed by atoms with E-state index < -0.39 is 38.9 Å². The van der Waals surface area contributed by atoms with Crippen molar-refractivity contribution in [2.45, 2.75) is 23.9 Å². The van der Waals surface area contributed by atoms with Crippen LogP contribution in [0.25, 0.3) is 0 Å². The summed E-state index contributed by atoms with van der Waals surface area (Å²) in [7, 11) is -1.13. The fraction of sp³-hybridized carbons (Fsp3) is 0.438. The van der Waals surface area contributed by atoms with E-state index in [9.17, 15) is 35.6 Å². The van der Waals surface area contributed by atoms with Crippen molar-refractivity contribution in [3.8, 4) is 0 Å². The molecular formula is C16H20F4N2O7S3. The molecule has 1 amide bonds. The van der Waals surface area contributed by atoms with Gasteiger partial charge in [0.1, 0.15) is 10.7 Å². The van der Waals surface area contributed by atoms with Crippen LogP contribution in [0.4, 0.5) is 17.6 Å². The summed E-state index contributed by atoms with van der Waals surface area (Å²) >= 11 is 0. The minimum atomic E-state index is -5.08. The second kappa shape index (κ2) is 14.9. The number of hydrogen-bond acceptors (Lipinski definition) is 7. The predicted octanol–water partition coefficient (Wildman–Crippen LogP) is 2.10. The first kappa shape index (κ1) is 30.0. The molecule has 182 valence electrons. The Bertz CT molecular complexity index is 867. The molecule has 0 aromatic heterocycles. The van der Waals surface area contributed by atoms with Crippen molar-refractivity contribution in [3.05, 3.63) is 30.1 Å². The Balaban J connectivity index is 0.00000118. The summed E-state index contributed by atoms with van der Waals surface area (Å²) in [6.07, 6.45) is -5.06. The second-order valence-electron chi connectivity index (χ2n) is 5.52. The number of amides is 1. The normalized spacial score (nSPS) is 11.2. The van der Waals surface area contributed by atoms with Crippen LogP contribution < -0.4 is 10.0 Å². The van der Waals surface area contributed by atoms with Crippen molar-refractivity contribution in [2.75, 3.05) is 24.6 Å². The van der Waals surface area contributed by atoms with Gasteiger partial charge in [-0.2, -0.15) is 13.2 Å². The zero-order chi connectivity index (χ0) is 24.8. The van der Waals surface area contributed by atoms with Gasteiger partial charge in [0.2, 0.25) is 15.9 Å². The van der Waals surface area contributed by atoms with Crippen molar-refractivity contribution in [2.24, 2.45) is 0 Å². The van der Waals surface area contributed by atoms with E-state index >= 15 is 0 Å². The zero-order valence-electron chi connectivity index (χ0n) is 16.2. The van der Waals surface area contributed by atoms with Crippen molar-refractivity contribution in [1.29, 1.82) is 0 Å². The van der Waals surface area contributed by atoms with Gasteiger partial charge in [0.15, 0.2) is 0 Å². The van der Waals surface area contributed by atoms with E-state index in [0.717, 1.165) is 12.1 Å². The van der Waals surface area contributed by atoms with E-state index in [1.807, 2.05) is 0 Å². The lowest BCUT2D eigenvalue weighted by Gasteiger charge is -2.08. The van der Waals surface area contributed by atoms with Gasteiger partial charge in [-0.3, -0.25) is 9.59 Å².